The molecule has 0 aromatic carbocycles. The first kappa shape index (κ1) is 93.2. The molecule has 0 aliphatic carbocycles. The summed E-state index contributed by atoms with van der Waals surface area (Å²) in [6, 6.07) is 0. The number of unbranched alkanes of at least 4 members (excludes halogenated alkanes) is 21. The van der Waals surface area contributed by atoms with E-state index in [4.69, 9.17) is 37.0 Å². The van der Waals surface area contributed by atoms with Gasteiger partial charge in [0.25, 0.3) is 0 Å². The van der Waals surface area contributed by atoms with Gasteiger partial charge in [0, 0.05) is 25.7 Å². The predicted molar refractivity (Wildman–Crippen MR) is 399 cm³/mol. The summed E-state index contributed by atoms with van der Waals surface area (Å²) in [5.41, 5.74) is 0. The molecule has 0 saturated carbocycles. The quantitative estimate of drug-likeness (QED) is 0.0169. The van der Waals surface area contributed by atoms with Crippen LogP contribution in [0.1, 0.15) is 285 Å². The van der Waals surface area contributed by atoms with Gasteiger partial charge in [-0.15, -0.1) is 0 Å². The van der Waals surface area contributed by atoms with Crippen molar-refractivity contribution in [2.45, 2.75) is 303 Å². The number of phosphoric acid groups is 2. The number of carbonyl (C=O) groups is 4. The van der Waals surface area contributed by atoms with Gasteiger partial charge in [-0.2, -0.15) is 0 Å². The van der Waals surface area contributed by atoms with Crippen LogP contribution in [0.5, 0.6) is 0 Å². The Balaban J connectivity index is 5.42. The minimum atomic E-state index is -4.99. The Morgan fingerprint density at radius 1 is 0.296 bits per heavy atom. The van der Waals surface area contributed by atoms with E-state index >= 15 is 0 Å². The van der Waals surface area contributed by atoms with Crippen molar-refractivity contribution < 1.29 is 80.2 Å². The molecule has 19 heteroatoms. The van der Waals surface area contributed by atoms with E-state index in [1.165, 1.54) is 19.3 Å². The predicted octanol–water partition coefficient (Wildman–Crippen LogP) is 21.3. The van der Waals surface area contributed by atoms with E-state index in [2.05, 4.69) is 161 Å². The number of hydrogen-bond donors (Lipinski definition) is 3. The fraction of sp³-hybridized carbons (Fsp3) is 0.671. The highest BCUT2D eigenvalue weighted by Crippen LogP contribution is 2.45. The Morgan fingerprint density at radius 2 is 0.551 bits per heavy atom. The normalized spacial score (nSPS) is 14.7. The van der Waals surface area contributed by atoms with Gasteiger partial charge in [-0.25, -0.2) is 9.13 Å². The fourth-order valence-corrected chi connectivity index (χ4v) is 11.0. The second-order valence-electron chi connectivity index (χ2n) is 24.5. The van der Waals surface area contributed by atoms with E-state index in [0.717, 1.165) is 186 Å². The van der Waals surface area contributed by atoms with Crippen LogP contribution in [0, 0.1) is 0 Å². The van der Waals surface area contributed by atoms with E-state index in [9.17, 15) is 43.2 Å². The molecule has 5 unspecified atom stereocenters. The molecular weight excluding hydrogens is 1280 g/mol. The third kappa shape index (κ3) is 69.7. The SMILES string of the molecule is CC/C=C\C/C=C\C/C=C\C/C=C\CCCCC(=O)OCC(COP(=O)(O)OCC(O)COP(=O)(O)OCC(COC(=O)CCCCCCC/C=C\C/C=C\CCCCC)OC(=O)CCCCCCC/C=C\C/C=C\CCC)OC(=O)CCCCCCC/C=C\C/C=C\C/C=C\CC. The standard InChI is InChI=1S/C79H132O17P2/c1-5-9-13-17-21-25-29-33-36-40-43-47-51-55-59-63-76(81)89-69-74(95-78(83)65-61-57-53-49-45-39-32-28-24-20-16-12-8-4)71-93-97(85,86)91-67-73(80)68-92-98(87,88)94-72-75(96-79(84)66-62-58-54-50-46-42-38-35-31-27-23-19-15-11-7-3)70-90-77(82)64-60-56-52-48-44-41-37-34-30-26-22-18-14-10-6-2/h10-11,14-16,20-23,25-28,32-38,44,48,73-75,80H,5-9,12-13,17-19,24,29-31,39-43,45-47,49-72H2,1-4H3,(H,85,86)(H,87,88)/b14-10-,15-11-,20-16-,25-21-,26-22-,27-23-,32-28-,36-33-,37-34-,38-35-,48-44-. The number of hydrogen-bond acceptors (Lipinski definition) is 15. The molecule has 0 aliphatic heterocycles. The summed E-state index contributed by atoms with van der Waals surface area (Å²) in [4.78, 5) is 72.8. The second kappa shape index (κ2) is 70.6. The summed E-state index contributed by atoms with van der Waals surface area (Å²) in [5.74, 6) is -2.28. The van der Waals surface area contributed by atoms with Gasteiger partial charge in [0.2, 0.25) is 0 Å². The highest BCUT2D eigenvalue weighted by molar-refractivity contribution is 7.47. The van der Waals surface area contributed by atoms with Crippen LogP contribution in [-0.4, -0.2) is 96.7 Å². The van der Waals surface area contributed by atoms with E-state index in [1.54, 1.807) is 0 Å². The number of rotatable bonds is 69. The Hall–Kier alpha value is -4.80. The van der Waals surface area contributed by atoms with Crippen molar-refractivity contribution in [3.63, 3.8) is 0 Å². The van der Waals surface area contributed by atoms with Crippen LogP contribution in [0.15, 0.2) is 134 Å². The number of aliphatic hydroxyl groups is 1. The van der Waals surface area contributed by atoms with Crippen LogP contribution in [0.2, 0.25) is 0 Å². The Labute approximate surface area is 593 Å². The number of aliphatic hydroxyl groups excluding tert-OH is 1. The first-order valence-electron chi connectivity index (χ1n) is 37.4. The van der Waals surface area contributed by atoms with Gasteiger partial charge >= 0.3 is 39.5 Å². The summed E-state index contributed by atoms with van der Waals surface area (Å²) in [7, 11) is -9.98. The molecule has 0 saturated heterocycles. The second-order valence-corrected chi connectivity index (χ2v) is 27.4. The first-order chi connectivity index (χ1) is 47.7. The van der Waals surface area contributed by atoms with Gasteiger partial charge < -0.3 is 33.8 Å². The zero-order chi connectivity index (χ0) is 71.8. The highest BCUT2D eigenvalue weighted by Gasteiger charge is 2.30. The number of allylic oxidation sites excluding steroid dienone is 22. The van der Waals surface area contributed by atoms with Crippen molar-refractivity contribution in [3.05, 3.63) is 134 Å². The van der Waals surface area contributed by atoms with Crippen molar-refractivity contribution in [1.82, 2.24) is 0 Å². The Bertz CT molecular complexity index is 2380. The van der Waals surface area contributed by atoms with Crippen LogP contribution < -0.4 is 0 Å². The van der Waals surface area contributed by atoms with Crippen LogP contribution in [0.3, 0.4) is 0 Å². The number of carbonyl (C=O) groups excluding carboxylic acids is 4. The van der Waals surface area contributed by atoms with Crippen LogP contribution >= 0.6 is 15.6 Å². The Morgan fingerprint density at radius 3 is 0.878 bits per heavy atom. The van der Waals surface area contributed by atoms with E-state index in [0.29, 0.717) is 25.7 Å². The molecule has 0 aromatic heterocycles. The lowest BCUT2D eigenvalue weighted by atomic mass is 10.1. The third-order valence-corrected chi connectivity index (χ3v) is 17.0. The van der Waals surface area contributed by atoms with E-state index in [1.807, 2.05) is 0 Å². The minimum absolute atomic E-state index is 0.0622. The molecule has 98 heavy (non-hydrogen) atoms. The minimum Gasteiger partial charge on any atom is -0.462 e. The lowest BCUT2D eigenvalue weighted by Crippen LogP contribution is -2.30. The molecule has 0 amide bonds. The molecule has 0 spiro atoms. The maximum atomic E-state index is 13.1. The molecule has 0 fully saturated rings. The molecule has 17 nitrogen and oxygen atoms in total. The van der Waals surface area contributed by atoms with Crippen molar-refractivity contribution >= 4 is 39.5 Å². The maximum absolute atomic E-state index is 13.1. The average molecular weight is 1420 g/mol. The summed E-state index contributed by atoms with van der Waals surface area (Å²) in [6.45, 7) is 4.44. The number of ether oxygens (including phenoxy) is 4. The lowest BCUT2D eigenvalue weighted by Gasteiger charge is -2.21. The molecule has 0 rings (SSSR count). The molecule has 0 radical (unpaired) electrons. The average Bonchev–Trinajstić information content (AvgIpc) is 1.04. The summed E-state index contributed by atoms with van der Waals surface area (Å²) in [5, 5.41) is 10.6. The zero-order valence-corrected chi connectivity index (χ0v) is 62.7. The number of phosphoric ester groups is 2. The van der Waals surface area contributed by atoms with Crippen molar-refractivity contribution in [2.75, 3.05) is 39.6 Å². The van der Waals surface area contributed by atoms with Crippen LogP contribution in [-0.2, 0) is 65.4 Å². The van der Waals surface area contributed by atoms with E-state index in [-0.39, 0.29) is 25.7 Å². The topological polar surface area (TPSA) is 237 Å². The molecule has 0 aliphatic rings. The van der Waals surface area contributed by atoms with E-state index < -0.39 is 97.5 Å². The summed E-state index contributed by atoms with van der Waals surface area (Å²) >= 11 is 0. The van der Waals surface area contributed by atoms with Gasteiger partial charge in [0.05, 0.1) is 26.4 Å². The molecule has 5 atom stereocenters. The third-order valence-electron chi connectivity index (χ3n) is 15.1. The highest BCUT2D eigenvalue weighted by atomic mass is 31.2. The molecule has 0 heterocycles. The lowest BCUT2D eigenvalue weighted by molar-refractivity contribution is -0.161. The van der Waals surface area contributed by atoms with Gasteiger partial charge in [0.15, 0.2) is 12.2 Å². The largest absolute Gasteiger partial charge is 0.472 e. The monoisotopic (exact) mass is 1410 g/mol. The molecular formula is C79H132O17P2. The molecule has 560 valence electrons. The summed E-state index contributed by atoms with van der Waals surface area (Å²) in [6.07, 6.45) is 77.3. The smallest absolute Gasteiger partial charge is 0.462 e. The maximum Gasteiger partial charge on any atom is 0.472 e. The van der Waals surface area contributed by atoms with Gasteiger partial charge in [-0.05, 0) is 154 Å². The zero-order valence-electron chi connectivity index (χ0n) is 60.9. The molecule has 0 bridgehead atoms. The van der Waals surface area contributed by atoms with Gasteiger partial charge in [-0.3, -0.25) is 37.3 Å². The van der Waals surface area contributed by atoms with Crippen molar-refractivity contribution in [3.8, 4) is 0 Å². The fourth-order valence-electron chi connectivity index (χ4n) is 9.41. The number of esters is 4. The Kier molecular flexibility index (Phi) is 67.2. The van der Waals surface area contributed by atoms with Crippen LogP contribution in [0.25, 0.3) is 0 Å². The molecule has 3 N–H and O–H groups in total. The van der Waals surface area contributed by atoms with Crippen molar-refractivity contribution in [2.24, 2.45) is 0 Å². The van der Waals surface area contributed by atoms with Crippen molar-refractivity contribution in [1.29, 1.82) is 0 Å². The first-order valence-corrected chi connectivity index (χ1v) is 40.4. The van der Waals surface area contributed by atoms with Gasteiger partial charge in [0.1, 0.15) is 19.3 Å². The van der Waals surface area contributed by atoms with Gasteiger partial charge in [-0.1, -0.05) is 238 Å². The summed E-state index contributed by atoms with van der Waals surface area (Å²) < 4.78 is 68.4. The molecule has 0 aromatic rings. The van der Waals surface area contributed by atoms with Crippen LogP contribution in [0.4, 0.5) is 0 Å².